The van der Waals surface area contributed by atoms with Crippen LogP contribution in [0.1, 0.15) is 11.4 Å². The molecule has 0 aliphatic carbocycles. The Balaban J connectivity index is 1.67. The van der Waals surface area contributed by atoms with E-state index in [1.54, 1.807) is 29.8 Å². The van der Waals surface area contributed by atoms with Crippen molar-refractivity contribution in [1.29, 1.82) is 0 Å². The molecule has 0 bridgehead atoms. The summed E-state index contributed by atoms with van der Waals surface area (Å²) in [6.07, 6.45) is 3.71. The fourth-order valence-corrected chi connectivity index (χ4v) is 2.85. The van der Waals surface area contributed by atoms with E-state index >= 15 is 0 Å². The van der Waals surface area contributed by atoms with E-state index in [0.717, 1.165) is 28.0 Å². The zero-order valence-electron chi connectivity index (χ0n) is 12.4. The lowest BCUT2D eigenvalue weighted by Gasteiger charge is -2.06. The molecule has 0 spiro atoms. The highest BCUT2D eigenvalue weighted by atomic mass is 32.2. The Kier molecular flexibility index (Phi) is 4.38. The zero-order chi connectivity index (χ0) is 15.4. The molecule has 0 fully saturated rings. The van der Waals surface area contributed by atoms with Crippen molar-refractivity contribution in [1.82, 2.24) is 29.8 Å². The first-order valence-corrected chi connectivity index (χ1v) is 7.73. The van der Waals surface area contributed by atoms with Gasteiger partial charge in [-0.05, 0) is 28.1 Å². The Morgan fingerprint density at radius 1 is 1.23 bits per heavy atom. The normalized spacial score (nSPS) is 10.8. The second kappa shape index (κ2) is 6.61. The molecule has 8 heteroatoms. The summed E-state index contributed by atoms with van der Waals surface area (Å²) in [5, 5.41) is 12.7. The van der Waals surface area contributed by atoms with Crippen LogP contribution in [0.25, 0.3) is 0 Å². The minimum absolute atomic E-state index is 0.625. The highest BCUT2D eigenvalue weighted by molar-refractivity contribution is 7.98. The van der Waals surface area contributed by atoms with Gasteiger partial charge in [0.1, 0.15) is 11.6 Å². The van der Waals surface area contributed by atoms with E-state index in [1.807, 2.05) is 42.1 Å². The first-order valence-electron chi connectivity index (χ1n) is 6.74. The number of rotatable bonds is 6. The number of hydrogen-bond donors (Lipinski definition) is 0. The Bertz CT molecular complexity index is 736. The van der Waals surface area contributed by atoms with E-state index in [1.165, 1.54) is 0 Å². The summed E-state index contributed by atoms with van der Waals surface area (Å²) < 4.78 is 8.94. The third-order valence-corrected chi connectivity index (χ3v) is 4.19. The number of nitrogens with zero attached hydrogens (tertiary/aromatic N) is 6. The number of aromatic nitrogens is 6. The Morgan fingerprint density at radius 2 is 2.05 bits per heavy atom. The summed E-state index contributed by atoms with van der Waals surface area (Å²) in [5.41, 5.74) is 1.12. The Labute approximate surface area is 132 Å². The first kappa shape index (κ1) is 14.6. The van der Waals surface area contributed by atoms with Crippen LogP contribution in [0, 0.1) is 0 Å². The molecule has 3 aromatic rings. The topological polar surface area (TPSA) is 70.7 Å². The van der Waals surface area contributed by atoms with Gasteiger partial charge in [-0.1, -0.05) is 23.9 Å². The van der Waals surface area contributed by atoms with Crippen molar-refractivity contribution in [3.8, 4) is 5.75 Å². The molecule has 0 radical (unpaired) electrons. The predicted molar refractivity (Wildman–Crippen MR) is 82.7 cm³/mol. The first-order chi connectivity index (χ1) is 10.8. The van der Waals surface area contributed by atoms with E-state index in [0.29, 0.717) is 6.54 Å². The van der Waals surface area contributed by atoms with Gasteiger partial charge in [0, 0.05) is 19.4 Å². The minimum Gasteiger partial charge on any atom is -0.497 e. The molecule has 0 unspecified atom stereocenters. The van der Waals surface area contributed by atoms with Crippen LogP contribution >= 0.6 is 11.8 Å². The largest absolute Gasteiger partial charge is 0.497 e. The van der Waals surface area contributed by atoms with Gasteiger partial charge in [-0.3, -0.25) is 0 Å². The van der Waals surface area contributed by atoms with Crippen LogP contribution in [0.4, 0.5) is 0 Å². The number of thioether (sulfide) groups is 1. The maximum atomic E-state index is 5.16. The van der Waals surface area contributed by atoms with Crippen molar-refractivity contribution in [3.63, 3.8) is 0 Å². The van der Waals surface area contributed by atoms with Crippen LogP contribution < -0.4 is 4.74 Å². The Morgan fingerprint density at radius 3 is 2.73 bits per heavy atom. The lowest BCUT2D eigenvalue weighted by molar-refractivity contribution is 0.414. The smallest absolute Gasteiger partial charge is 0.210 e. The molecule has 0 N–H and O–H groups in total. The third kappa shape index (κ3) is 3.28. The van der Waals surface area contributed by atoms with Gasteiger partial charge < -0.3 is 9.30 Å². The number of imidazole rings is 1. The molecule has 0 saturated heterocycles. The maximum Gasteiger partial charge on any atom is 0.210 e. The lowest BCUT2D eigenvalue weighted by Crippen LogP contribution is -2.04. The number of benzene rings is 1. The summed E-state index contributed by atoms with van der Waals surface area (Å²) in [6, 6.07) is 7.88. The number of ether oxygens (including phenoxy) is 1. The van der Waals surface area contributed by atoms with Crippen LogP contribution in [0.15, 0.2) is 41.8 Å². The van der Waals surface area contributed by atoms with Gasteiger partial charge >= 0.3 is 0 Å². The van der Waals surface area contributed by atoms with Crippen molar-refractivity contribution >= 4 is 11.8 Å². The molecule has 0 aliphatic heterocycles. The van der Waals surface area contributed by atoms with Crippen molar-refractivity contribution in [2.45, 2.75) is 17.5 Å². The summed E-state index contributed by atoms with van der Waals surface area (Å²) in [6.45, 7) is 0.625. The highest BCUT2D eigenvalue weighted by Crippen LogP contribution is 2.20. The van der Waals surface area contributed by atoms with E-state index in [2.05, 4.69) is 20.5 Å². The monoisotopic (exact) mass is 316 g/mol. The van der Waals surface area contributed by atoms with Crippen LogP contribution in [0.3, 0.4) is 0 Å². The molecule has 1 aromatic carbocycles. The van der Waals surface area contributed by atoms with Gasteiger partial charge in [-0.2, -0.15) is 0 Å². The second-order valence-electron chi connectivity index (χ2n) is 4.71. The summed E-state index contributed by atoms with van der Waals surface area (Å²) in [5.74, 6) is 2.56. The molecular formula is C14H16N6OS. The van der Waals surface area contributed by atoms with E-state index in [4.69, 9.17) is 4.74 Å². The van der Waals surface area contributed by atoms with Crippen LogP contribution in [-0.2, 0) is 19.3 Å². The molecule has 3 rings (SSSR count). The van der Waals surface area contributed by atoms with Crippen LogP contribution in [-0.4, -0.2) is 36.9 Å². The quantitative estimate of drug-likeness (QED) is 0.645. The van der Waals surface area contributed by atoms with Gasteiger partial charge in [0.2, 0.25) is 5.16 Å². The molecule has 0 amide bonds. The van der Waals surface area contributed by atoms with E-state index in [9.17, 15) is 0 Å². The standard InChI is InChI=1S/C14H16N6OS/c1-19-8-7-15-13(19)10-22-14-16-17-18-20(14)9-11-3-5-12(21-2)6-4-11/h3-8H,9-10H2,1-2H3. The molecule has 0 atom stereocenters. The summed E-state index contributed by atoms with van der Waals surface area (Å²) in [7, 11) is 3.63. The average molecular weight is 316 g/mol. The molecule has 7 nitrogen and oxygen atoms in total. The van der Waals surface area contributed by atoms with Crippen LogP contribution in [0.2, 0.25) is 0 Å². The molecule has 0 saturated carbocycles. The van der Waals surface area contributed by atoms with Gasteiger partial charge in [-0.15, -0.1) is 5.10 Å². The van der Waals surface area contributed by atoms with Gasteiger partial charge in [0.25, 0.3) is 0 Å². The molecule has 22 heavy (non-hydrogen) atoms. The van der Waals surface area contributed by atoms with Gasteiger partial charge in [-0.25, -0.2) is 9.67 Å². The molecule has 0 aliphatic rings. The number of tetrazole rings is 1. The molecule has 2 heterocycles. The number of methoxy groups -OCH3 is 1. The summed E-state index contributed by atoms with van der Waals surface area (Å²) >= 11 is 1.57. The van der Waals surface area contributed by atoms with Gasteiger partial charge in [0.15, 0.2) is 0 Å². The summed E-state index contributed by atoms with van der Waals surface area (Å²) in [4.78, 5) is 4.30. The third-order valence-electron chi connectivity index (χ3n) is 3.24. The SMILES string of the molecule is COc1ccc(Cn2nnnc2SCc2nccn2C)cc1. The minimum atomic E-state index is 0.625. The van der Waals surface area contributed by atoms with Crippen molar-refractivity contribution in [3.05, 3.63) is 48.0 Å². The van der Waals surface area contributed by atoms with Crippen molar-refractivity contribution < 1.29 is 4.74 Å². The predicted octanol–water partition coefficient (Wildman–Crippen LogP) is 1.76. The molecule has 2 aromatic heterocycles. The number of aryl methyl sites for hydroxylation is 1. The number of hydrogen-bond acceptors (Lipinski definition) is 6. The maximum absolute atomic E-state index is 5.16. The zero-order valence-corrected chi connectivity index (χ0v) is 13.2. The van der Waals surface area contributed by atoms with Crippen LogP contribution in [0.5, 0.6) is 5.75 Å². The fourth-order valence-electron chi connectivity index (χ4n) is 1.97. The Hall–Kier alpha value is -2.35. The van der Waals surface area contributed by atoms with Gasteiger partial charge in [0.05, 0.1) is 19.4 Å². The molecule has 114 valence electrons. The second-order valence-corrected chi connectivity index (χ2v) is 5.65. The van der Waals surface area contributed by atoms with E-state index < -0.39 is 0 Å². The van der Waals surface area contributed by atoms with Crippen molar-refractivity contribution in [2.75, 3.05) is 7.11 Å². The van der Waals surface area contributed by atoms with Crippen molar-refractivity contribution in [2.24, 2.45) is 7.05 Å². The average Bonchev–Trinajstić information content (AvgIpc) is 3.15. The molecular weight excluding hydrogens is 300 g/mol. The van der Waals surface area contributed by atoms with E-state index in [-0.39, 0.29) is 0 Å². The lowest BCUT2D eigenvalue weighted by atomic mass is 10.2. The fraction of sp³-hybridized carbons (Fsp3) is 0.286. The highest BCUT2D eigenvalue weighted by Gasteiger charge is 2.09.